The maximum Gasteiger partial charge on any atom is 0.157 e. The molecule has 1 rings (SSSR count). The van der Waals surface area contributed by atoms with Crippen LogP contribution in [0.25, 0.3) is 0 Å². The SMILES string of the molecule is [2H]C([2H])(c1ccc(O)c(O)c1)[C@@]([2H])(N)C(C)=O. The highest BCUT2D eigenvalue weighted by atomic mass is 16.3. The van der Waals surface area contributed by atoms with E-state index < -0.39 is 29.7 Å². The smallest absolute Gasteiger partial charge is 0.157 e. The lowest BCUT2D eigenvalue weighted by Crippen LogP contribution is -2.30. The summed E-state index contributed by atoms with van der Waals surface area (Å²) in [5, 5.41) is 18.4. The number of hydrogen-bond donors (Lipinski definition) is 3. The Morgan fingerprint density at radius 3 is 2.79 bits per heavy atom. The summed E-state index contributed by atoms with van der Waals surface area (Å²) in [5.74, 6) is -1.79. The van der Waals surface area contributed by atoms with Gasteiger partial charge in [0.05, 0.1) is 7.39 Å². The van der Waals surface area contributed by atoms with E-state index in [1.807, 2.05) is 0 Å². The van der Waals surface area contributed by atoms with Gasteiger partial charge in [0.1, 0.15) is 5.78 Å². The Bertz CT molecular complexity index is 460. The van der Waals surface area contributed by atoms with Crippen LogP contribution in [0.2, 0.25) is 0 Å². The lowest BCUT2D eigenvalue weighted by molar-refractivity contribution is -0.118. The van der Waals surface area contributed by atoms with E-state index in [1.54, 1.807) is 0 Å². The second-order valence-electron chi connectivity index (χ2n) is 2.80. The van der Waals surface area contributed by atoms with E-state index in [-0.39, 0.29) is 5.56 Å². The molecule has 0 aliphatic heterocycles. The van der Waals surface area contributed by atoms with Crippen LogP contribution in [0.4, 0.5) is 0 Å². The van der Waals surface area contributed by atoms with E-state index in [0.717, 1.165) is 25.1 Å². The molecule has 0 saturated heterocycles. The fourth-order valence-electron chi connectivity index (χ4n) is 0.845. The number of rotatable bonds is 3. The van der Waals surface area contributed by atoms with Gasteiger partial charge in [-0.05, 0) is 31.0 Å². The van der Waals surface area contributed by atoms with E-state index in [4.69, 9.17) is 15.0 Å². The van der Waals surface area contributed by atoms with Crippen LogP contribution in [-0.2, 0) is 11.2 Å². The standard InChI is InChI=1S/C10H13NO3/c1-6(12)8(11)4-7-2-3-9(13)10(14)5-7/h2-3,5,8,13-14H,4,11H2,1H3/t8-/m1/s1/i4D2,8D. The Morgan fingerprint density at radius 1 is 1.64 bits per heavy atom. The van der Waals surface area contributed by atoms with Crippen molar-refractivity contribution in [1.29, 1.82) is 0 Å². The van der Waals surface area contributed by atoms with E-state index in [2.05, 4.69) is 0 Å². The van der Waals surface area contributed by atoms with Crippen molar-refractivity contribution in [3.8, 4) is 11.5 Å². The van der Waals surface area contributed by atoms with Gasteiger partial charge in [-0.15, -0.1) is 0 Å². The highest BCUT2D eigenvalue weighted by molar-refractivity contribution is 5.81. The number of carbonyl (C=O) groups excluding carboxylic acids is 1. The van der Waals surface area contributed by atoms with Crippen molar-refractivity contribution in [2.24, 2.45) is 5.73 Å². The van der Waals surface area contributed by atoms with Gasteiger partial charge in [-0.25, -0.2) is 0 Å². The van der Waals surface area contributed by atoms with Gasteiger partial charge < -0.3 is 15.9 Å². The van der Waals surface area contributed by atoms with Crippen LogP contribution in [0.5, 0.6) is 11.5 Å². The van der Waals surface area contributed by atoms with Gasteiger partial charge in [-0.1, -0.05) is 6.07 Å². The number of phenols is 2. The summed E-state index contributed by atoms with van der Waals surface area (Å²) in [7, 11) is 0. The molecule has 4 heteroatoms. The summed E-state index contributed by atoms with van der Waals surface area (Å²) in [6.07, 6.45) is -2.48. The third-order valence-corrected chi connectivity index (χ3v) is 1.63. The lowest BCUT2D eigenvalue weighted by Gasteiger charge is -2.08. The molecule has 0 aliphatic rings. The van der Waals surface area contributed by atoms with Gasteiger partial charge in [0.25, 0.3) is 0 Å². The van der Waals surface area contributed by atoms with Crippen LogP contribution in [-0.4, -0.2) is 22.0 Å². The molecule has 1 atom stereocenters. The molecule has 0 fully saturated rings. The van der Waals surface area contributed by atoms with Crippen molar-refractivity contribution in [1.82, 2.24) is 0 Å². The van der Waals surface area contributed by atoms with E-state index in [9.17, 15) is 9.90 Å². The average Bonchev–Trinajstić information content (AvgIpc) is 2.21. The largest absolute Gasteiger partial charge is 0.504 e. The topological polar surface area (TPSA) is 83.6 Å². The van der Waals surface area contributed by atoms with E-state index in [0.29, 0.717) is 0 Å². The molecule has 0 saturated carbocycles. The molecule has 1 aromatic rings. The Morgan fingerprint density at radius 2 is 2.29 bits per heavy atom. The minimum Gasteiger partial charge on any atom is -0.504 e. The van der Waals surface area contributed by atoms with E-state index >= 15 is 0 Å². The Labute approximate surface area is 86.2 Å². The maximum atomic E-state index is 11.2. The number of ketones is 1. The number of phenolic OH excluding ortho intramolecular Hbond substituents is 2. The Kier molecular flexibility index (Phi) is 2.01. The normalized spacial score (nSPS) is 18.9. The molecule has 76 valence electrons. The van der Waals surface area contributed by atoms with Crippen LogP contribution in [0.3, 0.4) is 0 Å². The summed E-state index contributed by atoms with van der Waals surface area (Å²) in [5.41, 5.74) is 5.20. The van der Waals surface area contributed by atoms with Crippen molar-refractivity contribution < 1.29 is 19.1 Å². The summed E-state index contributed by atoms with van der Waals surface area (Å²) < 4.78 is 23.0. The van der Waals surface area contributed by atoms with Crippen LogP contribution in [0.15, 0.2) is 18.2 Å². The Hall–Kier alpha value is -1.55. The van der Waals surface area contributed by atoms with Crippen molar-refractivity contribution in [3.05, 3.63) is 23.8 Å². The molecule has 0 aromatic heterocycles. The summed E-state index contributed by atoms with van der Waals surface area (Å²) in [6.45, 7) is 1.02. The molecule has 4 nitrogen and oxygen atoms in total. The third-order valence-electron chi connectivity index (χ3n) is 1.63. The second kappa shape index (κ2) is 4.11. The van der Waals surface area contributed by atoms with Crippen molar-refractivity contribution in [2.45, 2.75) is 19.3 Å². The van der Waals surface area contributed by atoms with Crippen LogP contribution in [0.1, 0.15) is 16.6 Å². The number of aromatic hydroxyl groups is 2. The molecule has 0 amide bonds. The molecular formula is C10H13NO3. The molecule has 1 aromatic carbocycles. The first-order valence-corrected chi connectivity index (χ1v) is 3.93. The minimum atomic E-state index is -2.48. The first kappa shape index (κ1) is 6.84. The summed E-state index contributed by atoms with van der Waals surface area (Å²) in [4.78, 5) is 11.2. The monoisotopic (exact) mass is 198 g/mol. The van der Waals surface area contributed by atoms with Crippen molar-refractivity contribution >= 4 is 5.78 Å². The maximum absolute atomic E-state index is 11.2. The highest BCUT2D eigenvalue weighted by Gasteiger charge is 2.10. The van der Waals surface area contributed by atoms with Gasteiger partial charge >= 0.3 is 0 Å². The van der Waals surface area contributed by atoms with Crippen LogP contribution < -0.4 is 5.73 Å². The number of hydrogen-bond acceptors (Lipinski definition) is 4. The number of carbonyl (C=O) groups is 1. The fourth-order valence-corrected chi connectivity index (χ4v) is 0.845. The first-order valence-electron chi connectivity index (χ1n) is 5.43. The number of nitrogens with two attached hydrogens (primary N) is 1. The summed E-state index contributed by atoms with van der Waals surface area (Å²) >= 11 is 0. The van der Waals surface area contributed by atoms with Gasteiger partial charge in [0.15, 0.2) is 11.5 Å². The first-order chi connectivity index (χ1) is 7.60. The molecule has 0 bridgehead atoms. The highest BCUT2D eigenvalue weighted by Crippen LogP contribution is 2.25. The van der Waals surface area contributed by atoms with Crippen LogP contribution in [0, 0.1) is 0 Å². The van der Waals surface area contributed by atoms with Crippen molar-refractivity contribution in [3.63, 3.8) is 0 Å². The quantitative estimate of drug-likeness (QED) is 0.619. The van der Waals surface area contributed by atoms with Gasteiger partial charge in [0, 0.05) is 2.74 Å². The Balaban J connectivity index is 3.30. The zero-order chi connectivity index (χ0) is 13.4. The number of Topliss-reactive ketones (excluding diaryl/α,β-unsaturated/α-hetero) is 1. The average molecular weight is 198 g/mol. The lowest BCUT2D eigenvalue weighted by atomic mass is 10.0. The third kappa shape index (κ3) is 2.47. The number of benzene rings is 1. The van der Waals surface area contributed by atoms with Crippen LogP contribution >= 0.6 is 0 Å². The summed E-state index contributed by atoms with van der Waals surface area (Å²) in [6, 6.07) is 0.706. The molecule has 0 heterocycles. The molecule has 0 radical (unpaired) electrons. The molecular weight excluding hydrogens is 182 g/mol. The molecule has 0 aliphatic carbocycles. The van der Waals surface area contributed by atoms with Gasteiger partial charge in [-0.2, -0.15) is 0 Å². The fraction of sp³-hybridized carbons (Fsp3) is 0.300. The predicted octanol–water partition coefficient (Wildman–Crippen LogP) is 0.557. The minimum absolute atomic E-state index is 0.152. The van der Waals surface area contributed by atoms with Gasteiger partial charge in [-0.3, -0.25) is 4.79 Å². The van der Waals surface area contributed by atoms with Crippen molar-refractivity contribution in [2.75, 3.05) is 0 Å². The predicted molar refractivity (Wildman–Crippen MR) is 52.1 cm³/mol. The molecule has 0 unspecified atom stereocenters. The molecule has 14 heavy (non-hydrogen) atoms. The van der Waals surface area contributed by atoms with Gasteiger partial charge in [0.2, 0.25) is 0 Å². The molecule has 4 N–H and O–H groups in total. The zero-order valence-corrected chi connectivity index (χ0v) is 7.61. The van der Waals surface area contributed by atoms with E-state index in [1.165, 1.54) is 0 Å². The second-order valence-corrected chi connectivity index (χ2v) is 2.80. The zero-order valence-electron chi connectivity index (χ0n) is 10.6. The molecule has 0 spiro atoms.